The predicted molar refractivity (Wildman–Crippen MR) is 112 cm³/mol. The highest BCUT2D eigenvalue weighted by Gasteiger charge is 2.18. The molecule has 3 rings (SSSR count). The minimum Gasteiger partial charge on any atom is -0.495 e. The Balaban J connectivity index is 1.85. The Morgan fingerprint density at radius 2 is 2.14 bits per heavy atom. The molecule has 3 aromatic rings. The van der Waals surface area contributed by atoms with Crippen molar-refractivity contribution in [1.82, 2.24) is 14.5 Å². The van der Waals surface area contributed by atoms with Crippen LogP contribution in [-0.2, 0) is 4.79 Å². The van der Waals surface area contributed by atoms with Gasteiger partial charge in [-0.05, 0) is 38.5 Å². The SMILES string of the molecule is CCC(C)n1c(SCC(=O)Nc2ccccc2OC)nc2cc(C)[nH]c2c1=O. The first-order valence-corrected chi connectivity index (χ1v) is 10.1. The van der Waals surface area contributed by atoms with E-state index in [4.69, 9.17) is 4.74 Å². The van der Waals surface area contributed by atoms with Gasteiger partial charge in [0.05, 0.1) is 24.1 Å². The predicted octanol–water partition coefficient (Wildman–Crippen LogP) is 3.74. The van der Waals surface area contributed by atoms with E-state index in [0.717, 1.165) is 12.1 Å². The van der Waals surface area contributed by atoms with Gasteiger partial charge in [0, 0.05) is 11.7 Å². The molecule has 148 valence electrons. The van der Waals surface area contributed by atoms with Crippen LogP contribution in [0.25, 0.3) is 11.0 Å². The monoisotopic (exact) mass is 400 g/mol. The van der Waals surface area contributed by atoms with Crippen LogP contribution in [0.3, 0.4) is 0 Å². The second-order valence-electron chi connectivity index (χ2n) is 6.58. The molecule has 1 aromatic carbocycles. The van der Waals surface area contributed by atoms with Crippen LogP contribution in [0.2, 0.25) is 0 Å². The second kappa shape index (κ2) is 8.52. The quantitative estimate of drug-likeness (QED) is 0.466. The first kappa shape index (κ1) is 20.0. The third-order valence-electron chi connectivity index (χ3n) is 4.53. The Bertz CT molecular complexity index is 1060. The van der Waals surface area contributed by atoms with Crippen molar-refractivity contribution < 1.29 is 9.53 Å². The number of aromatic nitrogens is 3. The normalized spacial score (nSPS) is 12.1. The Kier molecular flexibility index (Phi) is 6.08. The number of hydrogen-bond acceptors (Lipinski definition) is 5. The van der Waals surface area contributed by atoms with E-state index in [1.165, 1.54) is 11.8 Å². The number of hydrogen-bond donors (Lipinski definition) is 2. The molecule has 0 saturated carbocycles. The van der Waals surface area contributed by atoms with Crippen molar-refractivity contribution in [2.45, 2.75) is 38.4 Å². The molecule has 0 bridgehead atoms. The highest BCUT2D eigenvalue weighted by Crippen LogP contribution is 2.25. The first-order valence-electron chi connectivity index (χ1n) is 9.12. The smallest absolute Gasteiger partial charge is 0.278 e. The Hall–Kier alpha value is -2.74. The summed E-state index contributed by atoms with van der Waals surface area (Å²) in [5.41, 5.74) is 2.50. The highest BCUT2D eigenvalue weighted by atomic mass is 32.2. The molecule has 1 unspecified atom stereocenters. The third kappa shape index (κ3) is 4.06. The van der Waals surface area contributed by atoms with Crippen LogP contribution >= 0.6 is 11.8 Å². The number of thioether (sulfide) groups is 1. The van der Waals surface area contributed by atoms with Gasteiger partial charge in [-0.3, -0.25) is 14.2 Å². The lowest BCUT2D eigenvalue weighted by atomic mass is 10.2. The number of ether oxygens (including phenoxy) is 1. The Morgan fingerprint density at radius 3 is 2.86 bits per heavy atom. The molecule has 0 saturated heterocycles. The fraction of sp³-hybridized carbons (Fsp3) is 0.350. The van der Waals surface area contributed by atoms with E-state index in [-0.39, 0.29) is 23.3 Å². The zero-order chi connectivity index (χ0) is 20.3. The molecule has 1 amide bonds. The van der Waals surface area contributed by atoms with Crippen molar-refractivity contribution in [2.24, 2.45) is 0 Å². The zero-order valence-corrected chi connectivity index (χ0v) is 17.2. The van der Waals surface area contributed by atoms with Crippen molar-refractivity contribution in [3.05, 3.63) is 46.4 Å². The number of nitrogens with zero attached hydrogens (tertiary/aromatic N) is 2. The van der Waals surface area contributed by atoms with E-state index in [0.29, 0.717) is 27.6 Å². The Morgan fingerprint density at radius 1 is 1.39 bits per heavy atom. The van der Waals surface area contributed by atoms with Crippen LogP contribution in [0, 0.1) is 6.92 Å². The molecule has 2 aromatic heterocycles. The highest BCUT2D eigenvalue weighted by molar-refractivity contribution is 7.99. The van der Waals surface area contributed by atoms with Crippen molar-refractivity contribution in [3.8, 4) is 5.75 Å². The average molecular weight is 401 g/mol. The van der Waals surface area contributed by atoms with Crippen LogP contribution in [-0.4, -0.2) is 33.3 Å². The van der Waals surface area contributed by atoms with Gasteiger partial charge in [-0.15, -0.1) is 0 Å². The number of para-hydroxylation sites is 2. The zero-order valence-electron chi connectivity index (χ0n) is 16.4. The molecule has 1 atom stereocenters. The van der Waals surface area contributed by atoms with Crippen molar-refractivity contribution in [1.29, 1.82) is 0 Å². The summed E-state index contributed by atoms with van der Waals surface area (Å²) in [6.45, 7) is 5.88. The molecule has 2 N–H and O–H groups in total. The summed E-state index contributed by atoms with van der Waals surface area (Å²) in [6, 6.07) is 9.06. The summed E-state index contributed by atoms with van der Waals surface area (Å²) in [5.74, 6) is 0.542. The summed E-state index contributed by atoms with van der Waals surface area (Å²) in [5, 5.41) is 3.39. The topological polar surface area (TPSA) is 89.0 Å². The number of aromatic amines is 1. The molecule has 0 aliphatic carbocycles. The largest absolute Gasteiger partial charge is 0.495 e. The average Bonchev–Trinajstić information content (AvgIpc) is 3.07. The van der Waals surface area contributed by atoms with Gasteiger partial charge in [-0.25, -0.2) is 4.98 Å². The number of rotatable bonds is 7. The summed E-state index contributed by atoms with van der Waals surface area (Å²) < 4.78 is 6.92. The van der Waals surface area contributed by atoms with E-state index < -0.39 is 0 Å². The fourth-order valence-corrected chi connectivity index (χ4v) is 3.82. The van der Waals surface area contributed by atoms with Crippen LogP contribution in [0.4, 0.5) is 5.69 Å². The number of carbonyl (C=O) groups excluding carboxylic acids is 1. The van der Waals surface area contributed by atoms with E-state index in [1.807, 2.05) is 39.0 Å². The second-order valence-corrected chi connectivity index (χ2v) is 7.52. The van der Waals surface area contributed by atoms with E-state index in [2.05, 4.69) is 15.3 Å². The number of nitrogens with one attached hydrogen (secondary N) is 2. The number of anilines is 1. The molecule has 0 aliphatic rings. The molecular weight excluding hydrogens is 376 g/mol. The van der Waals surface area contributed by atoms with Crippen molar-refractivity contribution in [3.63, 3.8) is 0 Å². The molecule has 0 aliphatic heterocycles. The number of H-pyrrole nitrogens is 1. The van der Waals surface area contributed by atoms with Gasteiger partial charge < -0.3 is 15.0 Å². The molecular formula is C20H24N4O3S. The molecule has 7 nitrogen and oxygen atoms in total. The lowest BCUT2D eigenvalue weighted by molar-refractivity contribution is -0.113. The molecule has 0 fully saturated rings. The lowest BCUT2D eigenvalue weighted by Gasteiger charge is -2.17. The Labute approximate surface area is 167 Å². The van der Waals surface area contributed by atoms with Gasteiger partial charge in [0.2, 0.25) is 5.91 Å². The van der Waals surface area contributed by atoms with Crippen molar-refractivity contribution >= 4 is 34.4 Å². The number of methoxy groups -OCH3 is 1. The van der Waals surface area contributed by atoms with Crippen LogP contribution in [0.15, 0.2) is 40.3 Å². The van der Waals surface area contributed by atoms with E-state index in [1.54, 1.807) is 23.8 Å². The molecule has 0 radical (unpaired) electrons. The van der Waals surface area contributed by atoms with Crippen LogP contribution < -0.4 is 15.6 Å². The minimum absolute atomic E-state index is 0.0206. The number of fused-ring (bicyclic) bond motifs is 1. The maximum absolute atomic E-state index is 12.9. The summed E-state index contributed by atoms with van der Waals surface area (Å²) >= 11 is 1.25. The van der Waals surface area contributed by atoms with Gasteiger partial charge in [0.25, 0.3) is 5.56 Å². The third-order valence-corrected chi connectivity index (χ3v) is 5.48. The van der Waals surface area contributed by atoms with Crippen molar-refractivity contribution in [2.75, 3.05) is 18.2 Å². The maximum Gasteiger partial charge on any atom is 0.278 e. The molecule has 0 spiro atoms. The standard InChI is InChI=1S/C20H24N4O3S/c1-5-13(3)24-19(26)18-15(10-12(2)21-18)23-20(24)28-11-17(25)22-14-8-6-7-9-16(14)27-4/h6-10,13,21H,5,11H2,1-4H3,(H,22,25). The van der Waals surface area contributed by atoms with E-state index in [9.17, 15) is 9.59 Å². The summed E-state index contributed by atoms with van der Waals surface area (Å²) in [6.07, 6.45) is 0.785. The van der Waals surface area contributed by atoms with Gasteiger partial charge in [0.15, 0.2) is 5.16 Å². The number of amides is 1. The lowest BCUT2D eigenvalue weighted by Crippen LogP contribution is -2.26. The summed E-state index contributed by atoms with van der Waals surface area (Å²) in [7, 11) is 1.56. The first-order chi connectivity index (χ1) is 13.4. The number of aryl methyl sites for hydroxylation is 1. The van der Waals surface area contributed by atoms with Gasteiger partial charge >= 0.3 is 0 Å². The maximum atomic E-state index is 12.9. The molecule has 2 heterocycles. The molecule has 8 heteroatoms. The fourth-order valence-electron chi connectivity index (χ4n) is 2.93. The summed E-state index contributed by atoms with van der Waals surface area (Å²) in [4.78, 5) is 33.1. The van der Waals surface area contributed by atoms with Crippen LogP contribution in [0.1, 0.15) is 32.0 Å². The minimum atomic E-state index is -0.190. The van der Waals surface area contributed by atoms with E-state index >= 15 is 0 Å². The van der Waals surface area contributed by atoms with Crippen LogP contribution in [0.5, 0.6) is 5.75 Å². The van der Waals surface area contributed by atoms with Gasteiger partial charge in [-0.1, -0.05) is 30.8 Å². The molecule has 28 heavy (non-hydrogen) atoms. The number of benzene rings is 1. The van der Waals surface area contributed by atoms with Gasteiger partial charge in [-0.2, -0.15) is 0 Å². The van der Waals surface area contributed by atoms with Gasteiger partial charge in [0.1, 0.15) is 11.3 Å². The number of carbonyl (C=O) groups is 1.